The minimum absolute atomic E-state index is 0.169. The number of nitrogens with zero attached hydrogens (tertiary/aromatic N) is 1. The molecule has 0 aliphatic carbocycles. The molecule has 1 aromatic carbocycles. The van der Waals surface area contributed by atoms with E-state index in [1.807, 2.05) is 0 Å². The monoisotopic (exact) mass is 279 g/mol. The maximum atomic E-state index is 10.9. The van der Waals surface area contributed by atoms with Gasteiger partial charge in [0.2, 0.25) is 0 Å². The van der Waals surface area contributed by atoms with Crippen molar-refractivity contribution in [1.29, 1.82) is 0 Å². The first-order valence-electron chi connectivity index (χ1n) is 6.94. The van der Waals surface area contributed by atoms with Gasteiger partial charge in [-0.1, -0.05) is 6.92 Å². The van der Waals surface area contributed by atoms with Gasteiger partial charge in [-0.3, -0.25) is 0 Å². The number of carboxylic acids is 1. The number of methoxy groups -OCH3 is 1. The van der Waals surface area contributed by atoms with Crippen molar-refractivity contribution in [3.05, 3.63) is 23.8 Å². The fourth-order valence-electron chi connectivity index (χ4n) is 2.42. The maximum Gasteiger partial charge on any atom is 0.335 e. The van der Waals surface area contributed by atoms with Gasteiger partial charge < -0.3 is 19.5 Å². The van der Waals surface area contributed by atoms with Crippen LogP contribution in [0.5, 0.6) is 11.5 Å². The Labute approximate surface area is 119 Å². The van der Waals surface area contributed by atoms with E-state index >= 15 is 0 Å². The normalized spacial score (nSPS) is 16.9. The number of hydrogen-bond acceptors (Lipinski definition) is 4. The summed E-state index contributed by atoms with van der Waals surface area (Å²) < 4.78 is 11.2. The minimum atomic E-state index is -0.967. The third-order valence-electron chi connectivity index (χ3n) is 3.69. The van der Waals surface area contributed by atoms with Gasteiger partial charge >= 0.3 is 5.97 Å². The summed E-state index contributed by atoms with van der Waals surface area (Å²) in [6.45, 7) is 5.31. The Balaban J connectivity index is 2.04. The molecule has 0 bridgehead atoms. The molecule has 0 amide bonds. The second kappa shape index (κ2) is 6.61. The van der Waals surface area contributed by atoms with Gasteiger partial charge in [-0.2, -0.15) is 0 Å². The van der Waals surface area contributed by atoms with Crippen molar-refractivity contribution >= 4 is 5.97 Å². The van der Waals surface area contributed by atoms with Crippen LogP contribution in [0.2, 0.25) is 0 Å². The summed E-state index contributed by atoms with van der Waals surface area (Å²) in [5.41, 5.74) is 0.204. The fraction of sp³-hybridized carbons (Fsp3) is 0.533. The molecule has 1 aromatic rings. The summed E-state index contributed by atoms with van der Waals surface area (Å²) in [5, 5.41) is 8.97. The predicted octanol–water partition coefficient (Wildman–Crippen LogP) is 2.26. The standard InChI is InChI=1S/C15H21NO4/c1-3-16-8-6-12(7-9-16)20-13-5-4-11(15(17)18)10-14(13)19-2/h4-5,10,12H,3,6-9H2,1-2H3,(H,17,18). The second-order valence-electron chi connectivity index (χ2n) is 4.92. The van der Waals surface area contributed by atoms with Crippen molar-refractivity contribution in [2.24, 2.45) is 0 Å². The van der Waals surface area contributed by atoms with Crippen LogP contribution >= 0.6 is 0 Å². The van der Waals surface area contributed by atoms with Crippen LogP contribution in [0, 0.1) is 0 Å². The summed E-state index contributed by atoms with van der Waals surface area (Å²) in [4.78, 5) is 13.3. The minimum Gasteiger partial charge on any atom is -0.493 e. The van der Waals surface area contributed by atoms with Gasteiger partial charge in [0.25, 0.3) is 0 Å². The topological polar surface area (TPSA) is 59.0 Å². The molecule has 2 rings (SSSR count). The Morgan fingerprint density at radius 3 is 2.60 bits per heavy atom. The molecule has 1 fully saturated rings. The molecule has 0 atom stereocenters. The van der Waals surface area contributed by atoms with Crippen LogP contribution < -0.4 is 9.47 Å². The van der Waals surface area contributed by atoms with Crippen molar-refractivity contribution in [1.82, 2.24) is 4.90 Å². The number of ether oxygens (including phenoxy) is 2. The van der Waals surface area contributed by atoms with Gasteiger partial charge in [-0.15, -0.1) is 0 Å². The second-order valence-corrected chi connectivity index (χ2v) is 4.92. The van der Waals surface area contributed by atoms with Gasteiger partial charge in [0.15, 0.2) is 11.5 Å². The number of hydrogen-bond donors (Lipinski definition) is 1. The molecule has 1 aliphatic heterocycles. The number of piperidine rings is 1. The summed E-state index contributed by atoms with van der Waals surface area (Å²) in [6, 6.07) is 4.72. The van der Waals surface area contributed by atoms with Crippen LogP contribution in [0.3, 0.4) is 0 Å². The van der Waals surface area contributed by atoms with Crippen LogP contribution in [0.15, 0.2) is 18.2 Å². The highest BCUT2D eigenvalue weighted by Crippen LogP contribution is 2.30. The third-order valence-corrected chi connectivity index (χ3v) is 3.69. The highest BCUT2D eigenvalue weighted by molar-refractivity contribution is 5.88. The molecule has 1 saturated heterocycles. The number of carboxylic acid groups (broad SMARTS) is 1. The van der Waals surface area contributed by atoms with E-state index in [2.05, 4.69) is 11.8 Å². The molecule has 5 nitrogen and oxygen atoms in total. The van der Waals surface area contributed by atoms with E-state index in [4.69, 9.17) is 14.6 Å². The van der Waals surface area contributed by atoms with Gasteiger partial charge in [0.05, 0.1) is 12.7 Å². The van der Waals surface area contributed by atoms with Crippen LogP contribution in [-0.4, -0.2) is 48.8 Å². The molecule has 0 saturated carbocycles. The summed E-state index contributed by atoms with van der Waals surface area (Å²) >= 11 is 0. The van der Waals surface area contributed by atoms with E-state index in [0.29, 0.717) is 11.5 Å². The zero-order chi connectivity index (χ0) is 14.5. The van der Waals surface area contributed by atoms with Crippen LogP contribution in [-0.2, 0) is 0 Å². The number of benzene rings is 1. The molecule has 0 aromatic heterocycles. The Kier molecular flexibility index (Phi) is 4.84. The largest absolute Gasteiger partial charge is 0.493 e. The lowest BCUT2D eigenvalue weighted by molar-refractivity contribution is 0.0696. The van der Waals surface area contributed by atoms with E-state index in [-0.39, 0.29) is 11.7 Å². The third kappa shape index (κ3) is 3.42. The number of likely N-dealkylation sites (tertiary alicyclic amines) is 1. The number of aromatic carboxylic acids is 1. The summed E-state index contributed by atoms with van der Waals surface area (Å²) in [7, 11) is 1.52. The Hall–Kier alpha value is -1.75. The molecular weight excluding hydrogens is 258 g/mol. The van der Waals surface area contributed by atoms with Crippen molar-refractivity contribution in [3.63, 3.8) is 0 Å². The zero-order valence-corrected chi connectivity index (χ0v) is 12.0. The van der Waals surface area contributed by atoms with E-state index in [0.717, 1.165) is 32.5 Å². The Bertz CT molecular complexity index is 467. The molecule has 0 radical (unpaired) electrons. The molecule has 20 heavy (non-hydrogen) atoms. The molecule has 1 heterocycles. The lowest BCUT2D eigenvalue weighted by atomic mass is 10.1. The predicted molar refractivity (Wildman–Crippen MR) is 75.7 cm³/mol. The van der Waals surface area contributed by atoms with Crippen LogP contribution in [0.4, 0.5) is 0 Å². The molecule has 0 spiro atoms. The lowest BCUT2D eigenvalue weighted by Gasteiger charge is -2.31. The van der Waals surface area contributed by atoms with Crippen LogP contribution in [0.1, 0.15) is 30.1 Å². The SMILES string of the molecule is CCN1CCC(Oc2ccc(C(=O)O)cc2OC)CC1. The highest BCUT2D eigenvalue weighted by Gasteiger charge is 2.21. The van der Waals surface area contributed by atoms with Crippen molar-refractivity contribution < 1.29 is 19.4 Å². The maximum absolute atomic E-state index is 10.9. The van der Waals surface area contributed by atoms with Crippen molar-refractivity contribution in [2.75, 3.05) is 26.7 Å². The Morgan fingerprint density at radius 2 is 2.05 bits per heavy atom. The zero-order valence-electron chi connectivity index (χ0n) is 12.0. The van der Waals surface area contributed by atoms with Crippen molar-refractivity contribution in [2.45, 2.75) is 25.9 Å². The van der Waals surface area contributed by atoms with Crippen molar-refractivity contribution in [3.8, 4) is 11.5 Å². The summed E-state index contributed by atoms with van der Waals surface area (Å²) in [6.07, 6.45) is 2.14. The van der Waals surface area contributed by atoms with Crippen LogP contribution in [0.25, 0.3) is 0 Å². The number of rotatable bonds is 5. The smallest absolute Gasteiger partial charge is 0.335 e. The molecule has 0 unspecified atom stereocenters. The molecule has 1 N–H and O–H groups in total. The molecule has 1 aliphatic rings. The first-order chi connectivity index (χ1) is 9.63. The fourth-order valence-corrected chi connectivity index (χ4v) is 2.42. The molecular formula is C15H21NO4. The van der Waals surface area contributed by atoms with Gasteiger partial charge in [-0.25, -0.2) is 4.79 Å². The first kappa shape index (κ1) is 14.7. The lowest BCUT2D eigenvalue weighted by Crippen LogP contribution is -2.38. The Morgan fingerprint density at radius 1 is 1.35 bits per heavy atom. The first-order valence-corrected chi connectivity index (χ1v) is 6.94. The van der Waals surface area contributed by atoms with E-state index in [1.54, 1.807) is 12.1 Å². The van der Waals surface area contributed by atoms with E-state index in [9.17, 15) is 4.79 Å². The van der Waals surface area contributed by atoms with Gasteiger partial charge in [0.1, 0.15) is 6.10 Å². The highest BCUT2D eigenvalue weighted by atomic mass is 16.5. The summed E-state index contributed by atoms with van der Waals surface area (Å²) in [5.74, 6) is 0.126. The van der Waals surface area contributed by atoms with E-state index < -0.39 is 5.97 Å². The molecule has 5 heteroatoms. The quantitative estimate of drug-likeness (QED) is 0.896. The van der Waals surface area contributed by atoms with Gasteiger partial charge in [0, 0.05) is 13.1 Å². The number of carbonyl (C=O) groups is 1. The average molecular weight is 279 g/mol. The van der Waals surface area contributed by atoms with E-state index in [1.165, 1.54) is 13.2 Å². The average Bonchev–Trinajstić information content (AvgIpc) is 2.48. The molecule has 110 valence electrons. The van der Waals surface area contributed by atoms with Gasteiger partial charge in [-0.05, 0) is 37.6 Å².